The van der Waals surface area contributed by atoms with E-state index in [0.29, 0.717) is 11.0 Å². The van der Waals surface area contributed by atoms with Gasteiger partial charge in [-0.2, -0.15) is 0 Å². The lowest BCUT2D eigenvalue weighted by molar-refractivity contribution is -0.115. The number of carbonyl (C=O) groups is 1. The fourth-order valence-electron chi connectivity index (χ4n) is 1.89. The first-order chi connectivity index (χ1) is 9.72. The Morgan fingerprint density at radius 2 is 2.40 bits per heavy atom. The van der Waals surface area contributed by atoms with E-state index in [-0.39, 0.29) is 18.4 Å². The quantitative estimate of drug-likeness (QED) is 0.851. The molecule has 1 unspecified atom stereocenters. The van der Waals surface area contributed by atoms with Crippen LogP contribution in [0.25, 0.3) is 0 Å². The number of amides is 1. The van der Waals surface area contributed by atoms with E-state index in [1.807, 2.05) is 0 Å². The van der Waals surface area contributed by atoms with Crippen LogP contribution in [0.2, 0.25) is 0 Å². The number of nitrogens with one attached hydrogen (secondary N) is 1. The zero-order valence-corrected chi connectivity index (χ0v) is 11.6. The topological polar surface area (TPSA) is 108 Å². The monoisotopic (exact) mass is 295 g/mol. The van der Waals surface area contributed by atoms with Crippen molar-refractivity contribution in [3.63, 3.8) is 0 Å². The average molecular weight is 295 g/mol. The predicted octanol–water partition coefficient (Wildman–Crippen LogP) is 0.0943. The Morgan fingerprint density at radius 1 is 1.50 bits per heavy atom. The predicted molar refractivity (Wildman–Crippen MR) is 69.0 cm³/mol. The van der Waals surface area contributed by atoms with E-state index in [1.54, 1.807) is 7.05 Å². The number of hydrogen-bond acceptors (Lipinski definition) is 8. The molecule has 0 radical (unpaired) electrons. The molecule has 10 heteroatoms. The van der Waals surface area contributed by atoms with Gasteiger partial charge in [0, 0.05) is 13.7 Å². The summed E-state index contributed by atoms with van der Waals surface area (Å²) in [6.07, 6.45) is 2.09. The van der Waals surface area contributed by atoms with Gasteiger partial charge in [-0.1, -0.05) is 11.3 Å². The smallest absolute Gasteiger partial charge is 0.233 e. The molecule has 1 aliphatic rings. The summed E-state index contributed by atoms with van der Waals surface area (Å²) < 4.78 is 6.98. The molecule has 1 amide bonds. The Kier molecular flexibility index (Phi) is 3.65. The number of nitrogens with zero attached hydrogens (tertiary/aromatic N) is 6. The maximum Gasteiger partial charge on any atom is 0.233 e. The summed E-state index contributed by atoms with van der Waals surface area (Å²) in [6.45, 7) is 0.755. The highest BCUT2D eigenvalue weighted by atomic mass is 32.1. The Morgan fingerprint density at radius 3 is 3.10 bits per heavy atom. The summed E-state index contributed by atoms with van der Waals surface area (Å²) in [5, 5.41) is 22.9. The first-order valence-corrected chi connectivity index (χ1v) is 7.00. The van der Waals surface area contributed by atoms with Crippen LogP contribution in [-0.4, -0.2) is 42.9 Å². The minimum absolute atomic E-state index is 0.0149. The molecule has 0 spiro atoms. The number of rotatable bonds is 4. The summed E-state index contributed by atoms with van der Waals surface area (Å²) in [5.74, 6) is 0.268. The number of tetrazole rings is 1. The van der Waals surface area contributed by atoms with Crippen molar-refractivity contribution in [2.45, 2.75) is 25.4 Å². The average Bonchev–Trinajstić information content (AvgIpc) is 3.12. The van der Waals surface area contributed by atoms with E-state index in [2.05, 4.69) is 31.0 Å². The summed E-state index contributed by atoms with van der Waals surface area (Å²) >= 11 is 1.34. The maximum atomic E-state index is 11.9. The molecule has 2 aromatic heterocycles. The standard InChI is InChI=1S/C10H13N7O2S/c1-17-7(12-15-16-17)5-8(18)11-10-14-13-9(20-10)6-3-2-4-19-6/h6H,2-5H2,1H3,(H,11,14,18). The van der Waals surface area contributed by atoms with Crippen LogP contribution in [0, 0.1) is 0 Å². The molecule has 0 aromatic carbocycles. The first-order valence-electron chi connectivity index (χ1n) is 6.18. The lowest BCUT2D eigenvalue weighted by Gasteiger charge is -2.02. The highest BCUT2D eigenvalue weighted by molar-refractivity contribution is 7.15. The van der Waals surface area contributed by atoms with Crippen LogP contribution < -0.4 is 5.32 Å². The van der Waals surface area contributed by atoms with E-state index >= 15 is 0 Å². The third kappa shape index (κ3) is 2.80. The molecule has 9 nitrogen and oxygen atoms in total. The molecule has 106 valence electrons. The van der Waals surface area contributed by atoms with Gasteiger partial charge in [0.1, 0.15) is 11.1 Å². The normalized spacial score (nSPS) is 18.4. The van der Waals surface area contributed by atoms with Gasteiger partial charge in [0.2, 0.25) is 11.0 Å². The molecule has 1 aliphatic heterocycles. The molecule has 1 fully saturated rings. The van der Waals surface area contributed by atoms with Crippen molar-refractivity contribution >= 4 is 22.4 Å². The van der Waals surface area contributed by atoms with Crippen LogP contribution in [0.4, 0.5) is 5.13 Å². The van der Waals surface area contributed by atoms with E-state index in [4.69, 9.17) is 4.74 Å². The Hall–Kier alpha value is -1.94. The molecule has 0 saturated carbocycles. The molecular weight excluding hydrogens is 282 g/mol. The molecule has 3 heterocycles. The molecule has 1 N–H and O–H groups in total. The second-order valence-corrected chi connectivity index (χ2v) is 5.40. The summed E-state index contributed by atoms with van der Waals surface area (Å²) in [4.78, 5) is 11.9. The molecule has 0 aliphatic carbocycles. The minimum atomic E-state index is -0.224. The number of aryl methyl sites for hydroxylation is 1. The number of carbonyl (C=O) groups excluding carboxylic acids is 1. The zero-order chi connectivity index (χ0) is 13.9. The van der Waals surface area contributed by atoms with Gasteiger partial charge >= 0.3 is 0 Å². The SMILES string of the molecule is Cn1nnnc1CC(=O)Nc1nnc(C2CCCO2)s1. The van der Waals surface area contributed by atoms with Crippen molar-refractivity contribution in [1.29, 1.82) is 0 Å². The summed E-state index contributed by atoms with van der Waals surface area (Å²) in [5.41, 5.74) is 0. The number of anilines is 1. The van der Waals surface area contributed by atoms with Gasteiger partial charge in [0.25, 0.3) is 0 Å². The van der Waals surface area contributed by atoms with Crippen molar-refractivity contribution in [1.82, 2.24) is 30.4 Å². The van der Waals surface area contributed by atoms with Gasteiger partial charge in [0.15, 0.2) is 5.82 Å². The fourth-order valence-corrected chi connectivity index (χ4v) is 2.74. The van der Waals surface area contributed by atoms with Gasteiger partial charge in [-0.25, -0.2) is 4.68 Å². The molecule has 1 atom stereocenters. The Bertz CT molecular complexity index is 604. The van der Waals surface area contributed by atoms with Crippen LogP contribution >= 0.6 is 11.3 Å². The molecule has 1 saturated heterocycles. The van der Waals surface area contributed by atoms with Gasteiger partial charge < -0.3 is 10.1 Å². The maximum absolute atomic E-state index is 11.9. The zero-order valence-electron chi connectivity index (χ0n) is 10.8. The van der Waals surface area contributed by atoms with E-state index < -0.39 is 0 Å². The lowest BCUT2D eigenvalue weighted by Crippen LogP contribution is -2.17. The molecular formula is C10H13N7O2S. The largest absolute Gasteiger partial charge is 0.371 e. The van der Waals surface area contributed by atoms with Gasteiger partial charge in [-0.15, -0.1) is 15.3 Å². The van der Waals surface area contributed by atoms with Crippen LogP contribution in [0.5, 0.6) is 0 Å². The molecule has 0 bridgehead atoms. The number of hydrogen-bond donors (Lipinski definition) is 1. The van der Waals surface area contributed by atoms with Crippen LogP contribution in [0.1, 0.15) is 29.8 Å². The Labute approximate surface area is 118 Å². The highest BCUT2D eigenvalue weighted by Crippen LogP contribution is 2.31. The highest BCUT2D eigenvalue weighted by Gasteiger charge is 2.22. The van der Waals surface area contributed by atoms with Gasteiger partial charge in [-0.05, 0) is 23.3 Å². The third-order valence-corrected chi connectivity index (χ3v) is 3.85. The van der Waals surface area contributed by atoms with Crippen molar-refractivity contribution in [3.05, 3.63) is 10.8 Å². The summed E-state index contributed by atoms with van der Waals surface area (Å²) in [6, 6.07) is 0. The van der Waals surface area contributed by atoms with Crippen LogP contribution in [0.3, 0.4) is 0 Å². The number of aromatic nitrogens is 6. The second kappa shape index (κ2) is 5.59. The molecule has 2 aromatic rings. The minimum Gasteiger partial charge on any atom is -0.371 e. The second-order valence-electron chi connectivity index (χ2n) is 4.39. The lowest BCUT2D eigenvalue weighted by atomic mass is 10.2. The van der Waals surface area contributed by atoms with E-state index in [9.17, 15) is 4.79 Å². The van der Waals surface area contributed by atoms with Gasteiger partial charge in [0.05, 0.1) is 6.42 Å². The van der Waals surface area contributed by atoms with Crippen molar-refractivity contribution in [2.75, 3.05) is 11.9 Å². The van der Waals surface area contributed by atoms with Crippen molar-refractivity contribution in [3.8, 4) is 0 Å². The third-order valence-electron chi connectivity index (χ3n) is 2.92. The van der Waals surface area contributed by atoms with Crippen molar-refractivity contribution < 1.29 is 9.53 Å². The molecule has 20 heavy (non-hydrogen) atoms. The summed E-state index contributed by atoms with van der Waals surface area (Å²) in [7, 11) is 1.68. The Balaban J connectivity index is 1.60. The van der Waals surface area contributed by atoms with E-state index in [0.717, 1.165) is 24.5 Å². The van der Waals surface area contributed by atoms with E-state index in [1.165, 1.54) is 16.0 Å². The molecule has 3 rings (SSSR count). The van der Waals surface area contributed by atoms with Crippen molar-refractivity contribution in [2.24, 2.45) is 7.05 Å². The number of ether oxygens (including phenoxy) is 1. The van der Waals surface area contributed by atoms with Crippen LogP contribution in [0.15, 0.2) is 0 Å². The fraction of sp³-hybridized carbons (Fsp3) is 0.600. The first kappa shape index (κ1) is 13.1. The van der Waals surface area contributed by atoms with Gasteiger partial charge in [-0.3, -0.25) is 4.79 Å². The van der Waals surface area contributed by atoms with Crippen LogP contribution in [-0.2, 0) is 23.0 Å².